The lowest BCUT2D eigenvalue weighted by atomic mass is 9.77. The van der Waals surface area contributed by atoms with Crippen LogP contribution >= 0.6 is 11.3 Å². The van der Waals surface area contributed by atoms with E-state index in [-0.39, 0.29) is 6.10 Å². The van der Waals surface area contributed by atoms with Gasteiger partial charge in [-0.3, -0.25) is 0 Å². The Kier molecular flexibility index (Phi) is 3.14. The van der Waals surface area contributed by atoms with E-state index < -0.39 is 5.60 Å². The Morgan fingerprint density at radius 3 is 3.06 bits per heavy atom. The number of thiophene rings is 1. The average molecular weight is 262 g/mol. The number of rotatable bonds is 2. The van der Waals surface area contributed by atoms with Gasteiger partial charge in [-0.2, -0.15) is 0 Å². The summed E-state index contributed by atoms with van der Waals surface area (Å²) in [4.78, 5) is 0. The van der Waals surface area contributed by atoms with Crippen LogP contribution in [0.15, 0.2) is 29.6 Å². The van der Waals surface area contributed by atoms with Gasteiger partial charge in [-0.25, -0.2) is 0 Å². The second-order valence-electron chi connectivity index (χ2n) is 5.04. The van der Waals surface area contributed by atoms with Crippen LogP contribution in [0.5, 0.6) is 0 Å². The van der Waals surface area contributed by atoms with Crippen molar-refractivity contribution < 1.29 is 9.84 Å². The maximum absolute atomic E-state index is 11.1. The van der Waals surface area contributed by atoms with Crippen LogP contribution in [0.4, 0.5) is 0 Å². The molecule has 1 saturated carbocycles. The molecule has 1 aliphatic rings. The van der Waals surface area contributed by atoms with E-state index in [9.17, 15) is 5.11 Å². The number of benzene rings is 1. The third-order valence-electron chi connectivity index (χ3n) is 4.04. The fourth-order valence-corrected chi connectivity index (χ4v) is 4.07. The molecular formula is C15H18O2S. The Morgan fingerprint density at radius 1 is 1.33 bits per heavy atom. The molecule has 0 amide bonds. The highest BCUT2D eigenvalue weighted by molar-refractivity contribution is 7.17. The van der Waals surface area contributed by atoms with E-state index in [4.69, 9.17) is 4.74 Å². The second kappa shape index (κ2) is 4.65. The molecule has 3 heteroatoms. The highest BCUT2D eigenvalue weighted by Gasteiger charge is 2.41. The lowest BCUT2D eigenvalue weighted by Crippen LogP contribution is -2.43. The minimum Gasteiger partial charge on any atom is -0.382 e. The molecule has 0 bridgehead atoms. The number of ether oxygens (including phenoxy) is 1. The van der Waals surface area contributed by atoms with Crippen molar-refractivity contribution in [3.8, 4) is 0 Å². The molecule has 1 aliphatic carbocycles. The molecule has 0 saturated heterocycles. The molecule has 2 unspecified atom stereocenters. The first kappa shape index (κ1) is 12.2. The summed E-state index contributed by atoms with van der Waals surface area (Å²) in [7, 11) is 1.70. The molecule has 1 aromatic carbocycles. The molecule has 1 aromatic heterocycles. The number of methoxy groups -OCH3 is 1. The van der Waals surface area contributed by atoms with Gasteiger partial charge in [-0.1, -0.05) is 31.0 Å². The molecule has 0 radical (unpaired) electrons. The van der Waals surface area contributed by atoms with Gasteiger partial charge in [0.25, 0.3) is 0 Å². The molecule has 0 aliphatic heterocycles. The minimum absolute atomic E-state index is 0.0843. The van der Waals surface area contributed by atoms with Crippen LogP contribution in [0.2, 0.25) is 0 Å². The van der Waals surface area contributed by atoms with Crippen molar-refractivity contribution in [3.05, 3.63) is 35.2 Å². The summed E-state index contributed by atoms with van der Waals surface area (Å²) in [6, 6.07) is 8.29. The smallest absolute Gasteiger partial charge is 0.117 e. The van der Waals surface area contributed by atoms with Crippen molar-refractivity contribution in [2.24, 2.45) is 0 Å². The standard InChI is InChI=1S/C15H18O2S/c1-17-13-7-2-3-9-15(13,16)12-6-4-5-11-8-10-18-14(11)12/h4-6,8,10,13,16H,2-3,7,9H2,1H3. The van der Waals surface area contributed by atoms with E-state index in [2.05, 4.69) is 23.6 Å². The zero-order chi connectivity index (χ0) is 12.6. The van der Waals surface area contributed by atoms with E-state index in [0.717, 1.165) is 31.2 Å². The van der Waals surface area contributed by atoms with E-state index in [1.165, 1.54) is 10.1 Å². The number of hydrogen-bond donors (Lipinski definition) is 1. The Labute approximate surface area is 111 Å². The van der Waals surface area contributed by atoms with Gasteiger partial charge in [0, 0.05) is 17.4 Å². The number of fused-ring (bicyclic) bond motifs is 1. The third kappa shape index (κ3) is 1.78. The molecular weight excluding hydrogens is 244 g/mol. The van der Waals surface area contributed by atoms with Crippen LogP contribution < -0.4 is 0 Å². The zero-order valence-corrected chi connectivity index (χ0v) is 11.4. The maximum Gasteiger partial charge on any atom is 0.117 e. The van der Waals surface area contributed by atoms with Crippen LogP contribution in [-0.2, 0) is 10.3 Å². The molecule has 2 nitrogen and oxygen atoms in total. The Balaban J connectivity index is 2.14. The summed E-state index contributed by atoms with van der Waals surface area (Å²) in [6.45, 7) is 0. The van der Waals surface area contributed by atoms with Crippen LogP contribution in [0.25, 0.3) is 10.1 Å². The fourth-order valence-electron chi connectivity index (χ4n) is 3.08. The van der Waals surface area contributed by atoms with Crippen molar-refractivity contribution in [3.63, 3.8) is 0 Å². The van der Waals surface area contributed by atoms with E-state index in [1.54, 1.807) is 18.4 Å². The summed E-state index contributed by atoms with van der Waals surface area (Å²) >= 11 is 1.70. The predicted octanol–water partition coefficient (Wildman–Crippen LogP) is 3.68. The van der Waals surface area contributed by atoms with Gasteiger partial charge >= 0.3 is 0 Å². The van der Waals surface area contributed by atoms with Gasteiger partial charge in [0.2, 0.25) is 0 Å². The summed E-state index contributed by atoms with van der Waals surface area (Å²) in [5.41, 5.74) is 0.221. The third-order valence-corrected chi connectivity index (χ3v) is 5.00. The van der Waals surface area contributed by atoms with Gasteiger partial charge in [0.15, 0.2) is 0 Å². The molecule has 1 N–H and O–H groups in total. The quantitative estimate of drug-likeness (QED) is 0.894. The topological polar surface area (TPSA) is 29.5 Å². The van der Waals surface area contributed by atoms with Crippen LogP contribution in [0, 0.1) is 0 Å². The summed E-state index contributed by atoms with van der Waals surface area (Å²) in [5, 5.41) is 14.4. The monoisotopic (exact) mass is 262 g/mol. The van der Waals surface area contributed by atoms with Gasteiger partial charge in [-0.15, -0.1) is 11.3 Å². The van der Waals surface area contributed by atoms with E-state index in [1.807, 2.05) is 6.07 Å². The molecule has 1 fully saturated rings. The summed E-state index contributed by atoms with van der Waals surface area (Å²) in [5.74, 6) is 0. The summed E-state index contributed by atoms with van der Waals surface area (Å²) in [6.07, 6.45) is 3.86. The molecule has 96 valence electrons. The first-order chi connectivity index (χ1) is 8.75. The SMILES string of the molecule is COC1CCCCC1(O)c1cccc2ccsc12. The highest BCUT2D eigenvalue weighted by atomic mass is 32.1. The molecule has 18 heavy (non-hydrogen) atoms. The Hall–Kier alpha value is -0.900. The first-order valence-electron chi connectivity index (χ1n) is 6.47. The van der Waals surface area contributed by atoms with Gasteiger partial charge in [0.1, 0.15) is 5.60 Å². The molecule has 0 spiro atoms. The van der Waals surface area contributed by atoms with Crippen LogP contribution in [-0.4, -0.2) is 18.3 Å². The van der Waals surface area contributed by atoms with Crippen molar-refractivity contribution in [2.75, 3.05) is 7.11 Å². The van der Waals surface area contributed by atoms with Crippen molar-refractivity contribution in [2.45, 2.75) is 37.4 Å². The largest absolute Gasteiger partial charge is 0.382 e. The van der Waals surface area contributed by atoms with Crippen LogP contribution in [0.3, 0.4) is 0 Å². The van der Waals surface area contributed by atoms with E-state index in [0.29, 0.717) is 0 Å². The van der Waals surface area contributed by atoms with Gasteiger partial charge in [0.05, 0.1) is 6.10 Å². The minimum atomic E-state index is -0.822. The summed E-state index contributed by atoms with van der Waals surface area (Å²) < 4.78 is 6.74. The van der Waals surface area contributed by atoms with Crippen molar-refractivity contribution in [1.29, 1.82) is 0 Å². The van der Waals surface area contributed by atoms with Crippen LogP contribution in [0.1, 0.15) is 31.2 Å². The highest BCUT2D eigenvalue weighted by Crippen LogP contribution is 2.42. The second-order valence-corrected chi connectivity index (χ2v) is 5.96. The van der Waals surface area contributed by atoms with Gasteiger partial charge in [-0.05, 0) is 29.7 Å². The van der Waals surface area contributed by atoms with Gasteiger partial charge < -0.3 is 9.84 Å². The normalized spacial score (nSPS) is 28.7. The first-order valence-corrected chi connectivity index (χ1v) is 7.35. The number of hydrogen-bond acceptors (Lipinski definition) is 3. The van der Waals surface area contributed by atoms with Crippen molar-refractivity contribution >= 4 is 21.4 Å². The lowest BCUT2D eigenvalue weighted by Gasteiger charge is -2.39. The maximum atomic E-state index is 11.1. The number of aliphatic hydroxyl groups is 1. The van der Waals surface area contributed by atoms with E-state index >= 15 is 0 Å². The molecule has 2 atom stereocenters. The Bertz CT molecular complexity index is 548. The fraction of sp³-hybridized carbons (Fsp3) is 0.467. The predicted molar refractivity (Wildman–Crippen MR) is 75.0 cm³/mol. The molecule has 2 aromatic rings. The Morgan fingerprint density at radius 2 is 2.22 bits per heavy atom. The molecule has 3 rings (SSSR count). The lowest BCUT2D eigenvalue weighted by molar-refractivity contribution is -0.121. The average Bonchev–Trinajstić information content (AvgIpc) is 2.87. The zero-order valence-electron chi connectivity index (χ0n) is 10.6. The van der Waals surface area contributed by atoms with Crippen molar-refractivity contribution in [1.82, 2.24) is 0 Å². The molecule has 1 heterocycles.